The van der Waals surface area contributed by atoms with Crippen LogP contribution in [-0.2, 0) is 0 Å². The Kier molecular flexibility index (Phi) is 5.07. The van der Waals surface area contributed by atoms with E-state index in [1.165, 1.54) is 14.7 Å². The van der Waals surface area contributed by atoms with Crippen LogP contribution in [-0.4, -0.2) is 15.0 Å². The number of hydrogen-bond donors (Lipinski definition) is 0. The van der Waals surface area contributed by atoms with E-state index in [0.717, 1.165) is 44.2 Å². The molecule has 0 unspecified atom stereocenters. The lowest BCUT2D eigenvalue weighted by molar-refractivity contribution is 1.30. The zero-order valence-corrected chi connectivity index (χ0v) is 19.8. The molecule has 0 spiro atoms. The Morgan fingerprint density at radius 1 is 0.455 bits per heavy atom. The Morgan fingerprint density at radius 2 is 1.12 bits per heavy atom. The molecule has 0 saturated carbocycles. The van der Waals surface area contributed by atoms with Gasteiger partial charge in [-0.1, -0.05) is 48.5 Å². The topological polar surface area (TPSA) is 38.7 Å². The van der Waals surface area contributed by atoms with Crippen molar-refractivity contribution >= 4 is 44.4 Å². The summed E-state index contributed by atoms with van der Waals surface area (Å²) in [6, 6.07) is 31.6. The van der Waals surface area contributed by atoms with Gasteiger partial charge in [-0.3, -0.25) is 15.0 Å². The van der Waals surface area contributed by atoms with Crippen LogP contribution < -0.4 is 0 Å². The number of benzene rings is 3. The summed E-state index contributed by atoms with van der Waals surface area (Å²) in [5.74, 6) is 0. The van der Waals surface area contributed by atoms with Crippen LogP contribution in [0.2, 0.25) is 0 Å². The lowest BCUT2D eigenvalue weighted by Gasteiger charge is -2.08. The summed E-state index contributed by atoms with van der Waals surface area (Å²) in [4.78, 5) is 14.0. The van der Waals surface area contributed by atoms with Gasteiger partial charge in [0.1, 0.15) is 0 Å². The van der Waals surface area contributed by atoms with Gasteiger partial charge in [0.25, 0.3) is 0 Å². The molecule has 0 aliphatic carbocycles. The molecule has 0 aliphatic rings. The van der Waals surface area contributed by atoms with E-state index in [9.17, 15) is 0 Å². The number of nitrogens with zero attached hydrogens (tertiary/aromatic N) is 3. The van der Waals surface area contributed by atoms with Crippen LogP contribution >= 0.6 is 22.6 Å². The van der Waals surface area contributed by atoms with Crippen LogP contribution in [0.1, 0.15) is 0 Å². The molecule has 6 aromatic rings. The van der Waals surface area contributed by atoms with Crippen LogP contribution in [0.3, 0.4) is 0 Å². The van der Waals surface area contributed by atoms with Crippen molar-refractivity contribution in [3.05, 3.63) is 113 Å². The van der Waals surface area contributed by atoms with Gasteiger partial charge in [0.2, 0.25) is 0 Å². The second-order valence-corrected chi connectivity index (χ2v) is 9.23. The average Bonchev–Trinajstić information content (AvgIpc) is 2.88. The maximum atomic E-state index is 4.74. The van der Waals surface area contributed by atoms with Crippen molar-refractivity contribution in [1.82, 2.24) is 15.0 Å². The summed E-state index contributed by atoms with van der Waals surface area (Å²) in [7, 11) is 0. The maximum Gasteiger partial charge on any atom is 0.0718 e. The molecule has 0 atom stereocenters. The molecule has 0 fully saturated rings. The minimum Gasteiger partial charge on any atom is -0.256 e. The van der Waals surface area contributed by atoms with Crippen LogP contribution in [0, 0.1) is 3.57 Å². The molecule has 33 heavy (non-hydrogen) atoms. The van der Waals surface area contributed by atoms with E-state index in [2.05, 4.69) is 94.3 Å². The van der Waals surface area contributed by atoms with Gasteiger partial charge in [-0.25, -0.2) is 0 Å². The minimum absolute atomic E-state index is 0.910. The highest BCUT2D eigenvalue weighted by Gasteiger charge is 2.07. The third-order valence-corrected chi connectivity index (χ3v) is 6.56. The van der Waals surface area contributed by atoms with Gasteiger partial charge in [0, 0.05) is 49.6 Å². The Morgan fingerprint density at radius 3 is 1.97 bits per heavy atom. The number of aromatic nitrogens is 3. The second kappa shape index (κ2) is 8.37. The molecule has 0 amide bonds. The molecule has 6 rings (SSSR count). The van der Waals surface area contributed by atoms with Gasteiger partial charge >= 0.3 is 0 Å². The molecule has 3 nitrogen and oxygen atoms in total. The number of para-hydroxylation sites is 1. The lowest BCUT2D eigenvalue weighted by Crippen LogP contribution is -1.89. The quantitative estimate of drug-likeness (QED) is 0.217. The molecule has 4 heteroatoms. The Labute approximate surface area is 205 Å². The van der Waals surface area contributed by atoms with Crippen molar-refractivity contribution in [2.45, 2.75) is 0 Å². The van der Waals surface area contributed by atoms with Crippen molar-refractivity contribution in [2.75, 3.05) is 0 Å². The molecule has 0 bridgehead atoms. The summed E-state index contributed by atoms with van der Waals surface area (Å²) in [6.45, 7) is 0. The monoisotopic (exact) mass is 535 g/mol. The highest BCUT2D eigenvalue weighted by atomic mass is 127. The molecular weight excluding hydrogens is 517 g/mol. The Balaban J connectivity index is 1.30. The first kappa shape index (κ1) is 20.0. The normalized spacial score (nSPS) is 11.2. The summed E-state index contributed by atoms with van der Waals surface area (Å²) in [6.07, 6.45) is 5.72. The van der Waals surface area contributed by atoms with Crippen molar-refractivity contribution in [1.29, 1.82) is 0 Å². The summed E-state index contributed by atoms with van der Waals surface area (Å²) in [5, 5.41) is 2.23. The predicted octanol–water partition coefficient (Wildman–Crippen LogP) is 7.78. The zero-order chi connectivity index (χ0) is 22.2. The first-order valence-electron chi connectivity index (χ1n) is 10.7. The third-order valence-electron chi connectivity index (χ3n) is 5.84. The molecule has 3 aromatic carbocycles. The minimum atomic E-state index is 0.910. The standard InChI is InChI=1S/C29H18IN3/c30-26-10-7-19(8-11-26)20-5-6-22-13-24(17-33-29(22)15-20)23-9-12-28(31-16-23)25-14-21-3-1-2-4-27(21)32-18-25/h1-18H. The molecular formula is C29H18IN3. The fraction of sp³-hybridized carbons (Fsp3) is 0. The van der Waals surface area contributed by atoms with Crippen LogP contribution in [0.4, 0.5) is 0 Å². The van der Waals surface area contributed by atoms with Crippen LogP contribution in [0.5, 0.6) is 0 Å². The lowest BCUT2D eigenvalue weighted by atomic mass is 10.0. The zero-order valence-electron chi connectivity index (χ0n) is 17.6. The smallest absolute Gasteiger partial charge is 0.0718 e. The number of pyridine rings is 3. The van der Waals surface area contributed by atoms with Crippen LogP contribution in [0.25, 0.3) is 55.3 Å². The van der Waals surface area contributed by atoms with E-state index < -0.39 is 0 Å². The van der Waals surface area contributed by atoms with E-state index in [-0.39, 0.29) is 0 Å². The Hall–Kier alpha value is -3.64. The Bertz CT molecular complexity index is 1610. The maximum absolute atomic E-state index is 4.74. The molecule has 0 radical (unpaired) electrons. The van der Waals surface area contributed by atoms with Crippen molar-refractivity contribution < 1.29 is 0 Å². The summed E-state index contributed by atoms with van der Waals surface area (Å²) >= 11 is 2.33. The van der Waals surface area contributed by atoms with Crippen molar-refractivity contribution in [3.8, 4) is 33.5 Å². The fourth-order valence-corrected chi connectivity index (χ4v) is 4.41. The average molecular weight is 535 g/mol. The second-order valence-electron chi connectivity index (χ2n) is 7.99. The first-order chi connectivity index (χ1) is 16.2. The number of fused-ring (bicyclic) bond motifs is 2. The summed E-state index contributed by atoms with van der Waals surface area (Å²) < 4.78 is 1.23. The fourth-order valence-electron chi connectivity index (χ4n) is 4.05. The summed E-state index contributed by atoms with van der Waals surface area (Å²) in [5.41, 5.74) is 8.38. The van der Waals surface area contributed by atoms with E-state index in [4.69, 9.17) is 9.97 Å². The van der Waals surface area contributed by atoms with E-state index in [1.54, 1.807) is 0 Å². The van der Waals surface area contributed by atoms with Gasteiger partial charge in [-0.2, -0.15) is 0 Å². The van der Waals surface area contributed by atoms with Gasteiger partial charge in [0.05, 0.1) is 16.7 Å². The molecule has 0 aliphatic heterocycles. The molecule has 3 aromatic heterocycles. The van der Waals surface area contributed by atoms with E-state index in [1.807, 2.05) is 42.9 Å². The SMILES string of the molecule is Ic1ccc(-c2ccc3cc(-c4ccc(-c5cnc6ccccc6c5)nc4)cnc3c2)cc1. The van der Waals surface area contributed by atoms with E-state index in [0.29, 0.717) is 0 Å². The van der Waals surface area contributed by atoms with Gasteiger partial charge < -0.3 is 0 Å². The van der Waals surface area contributed by atoms with Gasteiger partial charge in [0.15, 0.2) is 0 Å². The number of hydrogen-bond acceptors (Lipinski definition) is 3. The van der Waals surface area contributed by atoms with Crippen LogP contribution in [0.15, 0.2) is 110 Å². The molecule has 3 heterocycles. The van der Waals surface area contributed by atoms with Gasteiger partial charge in [-0.15, -0.1) is 0 Å². The molecule has 156 valence electrons. The van der Waals surface area contributed by atoms with E-state index >= 15 is 0 Å². The third kappa shape index (κ3) is 3.98. The molecule has 0 saturated heterocycles. The highest BCUT2D eigenvalue weighted by Crippen LogP contribution is 2.28. The number of rotatable bonds is 3. The van der Waals surface area contributed by atoms with Gasteiger partial charge in [-0.05, 0) is 76.2 Å². The van der Waals surface area contributed by atoms with Crippen molar-refractivity contribution in [2.24, 2.45) is 0 Å². The molecule has 0 N–H and O–H groups in total. The highest BCUT2D eigenvalue weighted by molar-refractivity contribution is 14.1. The number of halogens is 1. The van der Waals surface area contributed by atoms with Crippen molar-refractivity contribution in [3.63, 3.8) is 0 Å². The first-order valence-corrected chi connectivity index (χ1v) is 11.8. The predicted molar refractivity (Wildman–Crippen MR) is 144 cm³/mol. The largest absolute Gasteiger partial charge is 0.256 e.